The third-order valence-electron chi connectivity index (χ3n) is 3.79. The summed E-state index contributed by atoms with van der Waals surface area (Å²) in [5.74, 6) is -3.25. The second kappa shape index (κ2) is 12.0. The van der Waals surface area contributed by atoms with E-state index in [1.54, 1.807) is 19.1 Å². The van der Waals surface area contributed by atoms with Gasteiger partial charge in [0.1, 0.15) is 12.6 Å². The van der Waals surface area contributed by atoms with E-state index in [-0.39, 0.29) is 42.1 Å². The molecule has 0 aliphatic rings. The van der Waals surface area contributed by atoms with Crippen LogP contribution in [-0.2, 0) is 20.9 Å². The van der Waals surface area contributed by atoms with Gasteiger partial charge >= 0.3 is 35.7 Å². The number of aliphatic hydroxyl groups is 1. The van der Waals surface area contributed by atoms with Crippen molar-refractivity contribution in [1.29, 1.82) is 0 Å². The Morgan fingerprint density at radius 1 is 1.24 bits per heavy atom. The van der Waals surface area contributed by atoms with Crippen LogP contribution < -0.4 is 40.0 Å². The van der Waals surface area contributed by atoms with Crippen LogP contribution in [0.3, 0.4) is 0 Å². The molecule has 0 aliphatic carbocycles. The number of carbonyl (C=O) groups excluding carboxylic acids is 3. The second-order valence-electron chi connectivity index (χ2n) is 5.60. The Morgan fingerprint density at radius 2 is 1.84 bits per heavy atom. The molecule has 3 atom stereocenters. The van der Waals surface area contributed by atoms with Crippen molar-refractivity contribution in [3.8, 4) is 0 Å². The number of hydrogen-bond acceptors (Lipinski definition) is 6. The van der Waals surface area contributed by atoms with E-state index in [0.717, 1.165) is 5.56 Å². The summed E-state index contributed by atoms with van der Waals surface area (Å²) in [6, 6.07) is 8.26. The van der Waals surface area contributed by atoms with Crippen LogP contribution in [0.25, 0.3) is 0 Å². The molecular formula is C17H22NNaO6. The number of benzene rings is 1. The van der Waals surface area contributed by atoms with Crippen LogP contribution in [0.4, 0.5) is 4.79 Å². The molecule has 0 bridgehead atoms. The summed E-state index contributed by atoms with van der Waals surface area (Å²) in [7, 11) is 0. The van der Waals surface area contributed by atoms with Gasteiger partial charge in [0.2, 0.25) is 0 Å². The average Bonchev–Trinajstić information content (AvgIpc) is 2.57. The zero-order valence-corrected chi connectivity index (χ0v) is 16.7. The summed E-state index contributed by atoms with van der Waals surface area (Å²) in [6.07, 6.45) is -2.10. The number of amides is 1. The second-order valence-corrected chi connectivity index (χ2v) is 5.60. The van der Waals surface area contributed by atoms with E-state index in [1.807, 2.05) is 25.1 Å². The maximum absolute atomic E-state index is 11.9. The van der Waals surface area contributed by atoms with Crippen molar-refractivity contribution >= 4 is 17.8 Å². The molecule has 25 heavy (non-hydrogen) atoms. The molecule has 0 saturated carbocycles. The molecule has 1 unspecified atom stereocenters. The van der Waals surface area contributed by atoms with Gasteiger partial charge in [-0.1, -0.05) is 50.6 Å². The minimum absolute atomic E-state index is 0. The van der Waals surface area contributed by atoms with Crippen molar-refractivity contribution < 1.29 is 58.9 Å². The molecule has 2 N–H and O–H groups in total. The minimum Gasteiger partial charge on any atom is -0.542 e. The number of Topliss-reactive ketones (excluding diaryl/α,β-unsaturated/α-hetero) is 1. The fraction of sp³-hybridized carbons (Fsp3) is 0.471. The number of nitrogens with one attached hydrogen (secondary N) is 1. The van der Waals surface area contributed by atoms with Crippen molar-refractivity contribution in [2.45, 2.75) is 45.4 Å². The van der Waals surface area contributed by atoms with Crippen LogP contribution in [-0.4, -0.2) is 35.1 Å². The smallest absolute Gasteiger partial charge is 0.542 e. The quantitative estimate of drug-likeness (QED) is 0.369. The van der Waals surface area contributed by atoms with Gasteiger partial charge in [-0.3, -0.25) is 4.79 Å². The van der Waals surface area contributed by atoms with Gasteiger partial charge in [-0.25, -0.2) is 4.79 Å². The number of ether oxygens (including phenoxy) is 1. The molecule has 0 heterocycles. The summed E-state index contributed by atoms with van der Waals surface area (Å²) in [6.45, 7) is 3.69. The van der Waals surface area contributed by atoms with Gasteiger partial charge < -0.3 is 25.1 Å². The molecule has 0 aromatic heterocycles. The topological polar surface area (TPSA) is 116 Å². The van der Waals surface area contributed by atoms with Gasteiger partial charge in [0, 0.05) is 6.42 Å². The standard InChI is InChI=1S/C17H23NO6.Na/c1-3-11(2)15(13(19)9-14(20)16(21)22)18-17(23)24-10-12-7-5-4-6-8-12;/h4-8,11,13,15,19H,3,9-10H2,1-2H3,(H,18,23)(H,21,22);/q;+1/p-1/t11?,13-,15+;/m1./s1. The molecule has 132 valence electrons. The normalized spacial score (nSPS) is 13.7. The largest absolute Gasteiger partial charge is 1.00 e. The Morgan fingerprint density at radius 3 is 2.36 bits per heavy atom. The molecule has 1 amide bonds. The molecule has 0 aliphatic heterocycles. The number of ketones is 1. The summed E-state index contributed by atoms with van der Waals surface area (Å²) in [5, 5.41) is 23.1. The molecule has 0 radical (unpaired) electrons. The molecule has 0 spiro atoms. The third-order valence-corrected chi connectivity index (χ3v) is 3.79. The maximum atomic E-state index is 11.9. The number of alkyl carbamates (subject to hydrolysis) is 1. The average molecular weight is 359 g/mol. The van der Waals surface area contributed by atoms with Crippen LogP contribution in [0, 0.1) is 5.92 Å². The number of carbonyl (C=O) groups is 3. The monoisotopic (exact) mass is 359 g/mol. The van der Waals surface area contributed by atoms with E-state index < -0.39 is 36.4 Å². The van der Waals surface area contributed by atoms with Gasteiger partial charge in [0.25, 0.3) is 0 Å². The minimum atomic E-state index is -1.86. The fourth-order valence-corrected chi connectivity index (χ4v) is 2.17. The van der Waals surface area contributed by atoms with E-state index in [1.165, 1.54) is 0 Å². The molecule has 1 aromatic rings. The van der Waals surface area contributed by atoms with E-state index in [0.29, 0.717) is 6.42 Å². The number of carboxylic acid groups (broad SMARTS) is 1. The third kappa shape index (κ3) is 8.49. The van der Waals surface area contributed by atoms with Crippen molar-refractivity contribution in [2.24, 2.45) is 5.92 Å². The maximum Gasteiger partial charge on any atom is 1.00 e. The first kappa shape index (κ1) is 23.6. The number of carboxylic acids is 1. The number of hydrogen-bond donors (Lipinski definition) is 2. The molecule has 1 aromatic carbocycles. The molecule has 8 heteroatoms. The van der Waals surface area contributed by atoms with Crippen LogP contribution in [0.1, 0.15) is 32.3 Å². The predicted molar refractivity (Wildman–Crippen MR) is 83.6 cm³/mol. The van der Waals surface area contributed by atoms with Gasteiger partial charge in [0.15, 0.2) is 5.78 Å². The first-order valence-electron chi connectivity index (χ1n) is 7.74. The summed E-state index contributed by atoms with van der Waals surface area (Å²) in [4.78, 5) is 33.6. The first-order valence-corrected chi connectivity index (χ1v) is 7.74. The van der Waals surface area contributed by atoms with Crippen LogP contribution in [0.2, 0.25) is 0 Å². The number of aliphatic carboxylic acids is 1. The summed E-state index contributed by atoms with van der Waals surface area (Å²) < 4.78 is 5.08. The Balaban J connectivity index is 0.00000576. The molecule has 1 rings (SSSR count). The van der Waals surface area contributed by atoms with Gasteiger partial charge in [0.05, 0.1) is 12.1 Å². The van der Waals surface area contributed by atoms with E-state index in [9.17, 15) is 24.6 Å². The SMILES string of the molecule is CCC(C)[C@H](NC(=O)OCc1ccccc1)[C@H](O)CC(=O)C(=O)[O-].[Na+]. The van der Waals surface area contributed by atoms with Crippen molar-refractivity contribution in [1.82, 2.24) is 5.32 Å². The Labute approximate surface area is 169 Å². The van der Waals surface area contributed by atoms with Crippen molar-refractivity contribution in [3.05, 3.63) is 35.9 Å². The van der Waals surface area contributed by atoms with Gasteiger partial charge in [-0.15, -0.1) is 0 Å². The van der Waals surface area contributed by atoms with E-state index >= 15 is 0 Å². The molecular weight excluding hydrogens is 337 g/mol. The Kier molecular flexibility index (Phi) is 11.3. The molecule has 7 nitrogen and oxygen atoms in total. The number of rotatable bonds is 9. The molecule has 0 saturated heterocycles. The Hall–Kier alpha value is -1.41. The summed E-state index contributed by atoms with van der Waals surface area (Å²) >= 11 is 0. The van der Waals surface area contributed by atoms with Crippen molar-refractivity contribution in [3.63, 3.8) is 0 Å². The van der Waals surface area contributed by atoms with Crippen molar-refractivity contribution in [2.75, 3.05) is 0 Å². The predicted octanol–water partition coefficient (Wildman–Crippen LogP) is -2.60. The van der Waals surface area contributed by atoms with E-state index in [2.05, 4.69) is 5.32 Å². The first-order chi connectivity index (χ1) is 11.3. The summed E-state index contributed by atoms with van der Waals surface area (Å²) in [5.41, 5.74) is 0.806. The molecule has 0 fully saturated rings. The Bertz CT molecular complexity index is 566. The van der Waals surface area contributed by atoms with Crippen LogP contribution >= 0.6 is 0 Å². The zero-order chi connectivity index (χ0) is 18.1. The van der Waals surface area contributed by atoms with Gasteiger partial charge in [-0.2, -0.15) is 0 Å². The van der Waals surface area contributed by atoms with E-state index in [4.69, 9.17) is 4.74 Å². The van der Waals surface area contributed by atoms with Gasteiger partial charge in [-0.05, 0) is 11.5 Å². The zero-order valence-electron chi connectivity index (χ0n) is 14.7. The van der Waals surface area contributed by atoms with Crippen LogP contribution in [0.5, 0.6) is 0 Å². The van der Waals surface area contributed by atoms with Crippen LogP contribution in [0.15, 0.2) is 30.3 Å². The fourth-order valence-electron chi connectivity index (χ4n) is 2.17. The number of aliphatic hydroxyl groups excluding tert-OH is 1.